The summed E-state index contributed by atoms with van der Waals surface area (Å²) >= 11 is 6.22. The summed E-state index contributed by atoms with van der Waals surface area (Å²) in [5, 5.41) is 7.16. The third kappa shape index (κ3) is 4.46. The molecule has 0 saturated heterocycles. The topological polar surface area (TPSA) is 86.5 Å². The van der Waals surface area contributed by atoms with Gasteiger partial charge in [-0.15, -0.1) is 0 Å². The Hall–Kier alpha value is -2.28. The third-order valence-electron chi connectivity index (χ3n) is 3.92. The van der Waals surface area contributed by atoms with Gasteiger partial charge < -0.3 is 19.3 Å². The van der Waals surface area contributed by atoms with Gasteiger partial charge in [0.05, 0.1) is 18.2 Å². The van der Waals surface area contributed by atoms with E-state index in [2.05, 4.69) is 15.5 Å². The van der Waals surface area contributed by atoms with Gasteiger partial charge in [-0.05, 0) is 18.6 Å². The summed E-state index contributed by atoms with van der Waals surface area (Å²) in [6.07, 6.45) is 2.09. The lowest BCUT2D eigenvalue weighted by atomic mass is 10.2. The van der Waals surface area contributed by atoms with Crippen LogP contribution >= 0.6 is 11.6 Å². The highest BCUT2D eigenvalue weighted by Crippen LogP contribution is 2.37. The summed E-state index contributed by atoms with van der Waals surface area (Å²) < 4.78 is 16.4. The Bertz CT molecular complexity index is 776. The van der Waals surface area contributed by atoms with Crippen LogP contribution in [0.2, 0.25) is 5.02 Å². The van der Waals surface area contributed by atoms with Crippen molar-refractivity contribution in [3.05, 3.63) is 34.4 Å². The number of aryl methyl sites for hydroxylation is 1. The van der Waals surface area contributed by atoms with Gasteiger partial charge in [0, 0.05) is 30.9 Å². The fourth-order valence-electron chi connectivity index (χ4n) is 2.51. The zero-order valence-electron chi connectivity index (χ0n) is 14.9. The van der Waals surface area contributed by atoms with Crippen LogP contribution in [0.1, 0.15) is 54.7 Å². The van der Waals surface area contributed by atoms with Crippen LogP contribution in [-0.2, 0) is 6.42 Å². The standard InChI is InChI=1S/C18H22ClN3O4/c1-11(2)17-21-15(26-22-17)5-3-6-20-18(23)12-9-13(19)16-14(10-12)24-7-4-8-25-16/h9-11H,3-8H2,1-2H3,(H,20,23). The predicted octanol–water partition coefficient (Wildman–Crippen LogP) is 3.37. The van der Waals surface area contributed by atoms with E-state index in [0.29, 0.717) is 66.4 Å². The summed E-state index contributed by atoms with van der Waals surface area (Å²) in [5.74, 6) is 2.31. The maximum atomic E-state index is 12.4. The first kappa shape index (κ1) is 18.5. The zero-order chi connectivity index (χ0) is 18.5. The van der Waals surface area contributed by atoms with Crippen molar-refractivity contribution in [3.63, 3.8) is 0 Å². The minimum absolute atomic E-state index is 0.212. The summed E-state index contributed by atoms with van der Waals surface area (Å²) in [6, 6.07) is 3.26. The van der Waals surface area contributed by atoms with E-state index in [-0.39, 0.29) is 11.8 Å². The van der Waals surface area contributed by atoms with Crippen molar-refractivity contribution >= 4 is 17.5 Å². The van der Waals surface area contributed by atoms with Crippen LogP contribution < -0.4 is 14.8 Å². The molecule has 2 heterocycles. The molecule has 0 atom stereocenters. The molecule has 1 aromatic heterocycles. The number of rotatable bonds is 6. The van der Waals surface area contributed by atoms with Gasteiger partial charge in [-0.1, -0.05) is 30.6 Å². The van der Waals surface area contributed by atoms with Gasteiger partial charge in [-0.3, -0.25) is 4.79 Å². The SMILES string of the molecule is CC(C)c1noc(CCCNC(=O)c2cc(Cl)c3c(c2)OCCCO3)n1. The van der Waals surface area contributed by atoms with Gasteiger partial charge in [0.2, 0.25) is 5.89 Å². The monoisotopic (exact) mass is 379 g/mol. The van der Waals surface area contributed by atoms with Gasteiger partial charge in [-0.2, -0.15) is 4.98 Å². The lowest BCUT2D eigenvalue weighted by molar-refractivity contribution is 0.0952. The number of halogens is 1. The molecule has 7 nitrogen and oxygen atoms in total. The average molecular weight is 380 g/mol. The maximum Gasteiger partial charge on any atom is 0.251 e. The van der Waals surface area contributed by atoms with Crippen molar-refractivity contribution < 1.29 is 18.8 Å². The number of nitrogens with one attached hydrogen (secondary N) is 1. The zero-order valence-corrected chi connectivity index (χ0v) is 15.6. The van der Waals surface area contributed by atoms with Gasteiger partial charge in [-0.25, -0.2) is 0 Å². The molecule has 140 valence electrons. The molecule has 3 rings (SSSR count). The average Bonchev–Trinajstić information content (AvgIpc) is 2.96. The maximum absolute atomic E-state index is 12.4. The molecule has 0 fully saturated rings. The molecule has 0 unspecified atom stereocenters. The molecule has 2 aromatic rings. The quantitative estimate of drug-likeness (QED) is 0.774. The first-order chi connectivity index (χ1) is 12.5. The van der Waals surface area contributed by atoms with Crippen LogP contribution in [0.3, 0.4) is 0 Å². The molecule has 8 heteroatoms. The summed E-state index contributed by atoms with van der Waals surface area (Å²) in [6.45, 7) is 5.60. The number of aromatic nitrogens is 2. The minimum Gasteiger partial charge on any atom is -0.489 e. The van der Waals surface area contributed by atoms with Crippen molar-refractivity contribution in [1.82, 2.24) is 15.5 Å². The second-order valence-corrected chi connectivity index (χ2v) is 6.80. The van der Waals surface area contributed by atoms with Crippen LogP contribution in [0.5, 0.6) is 11.5 Å². The summed E-state index contributed by atoms with van der Waals surface area (Å²) in [4.78, 5) is 16.7. The van der Waals surface area contributed by atoms with Crippen LogP contribution in [0.25, 0.3) is 0 Å². The second kappa shape index (κ2) is 8.40. The van der Waals surface area contributed by atoms with Crippen molar-refractivity contribution in [3.8, 4) is 11.5 Å². The fraction of sp³-hybridized carbons (Fsp3) is 0.500. The lowest BCUT2D eigenvalue weighted by Gasteiger charge is -2.11. The fourth-order valence-corrected chi connectivity index (χ4v) is 2.77. The summed E-state index contributed by atoms with van der Waals surface area (Å²) in [7, 11) is 0. The number of carbonyl (C=O) groups excluding carboxylic acids is 1. The molecule has 26 heavy (non-hydrogen) atoms. The Balaban J connectivity index is 1.53. The van der Waals surface area contributed by atoms with E-state index in [9.17, 15) is 4.79 Å². The summed E-state index contributed by atoms with van der Waals surface area (Å²) in [5.41, 5.74) is 0.444. The molecule has 0 spiro atoms. The van der Waals surface area contributed by atoms with Gasteiger partial charge in [0.1, 0.15) is 0 Å². The highest BCUT2D eigenvalue weighted by atomic mass is 35.5. The molecule has 1 amide bonds. The molecule has 1 aliphatic heterocycles. The van der Waals surface area contributed by atoms with Crippen molar-refractivity contribution in [1.29, 1.82) is 0 Å². The van der Waals surface area contributed by atoms with Crippen molar-refractivity contribution in [2.75, 3.05) is 19.8 Å². The number of amides is 1. The number of benzene rings is 1. The van der Waals surface area contributed by atoms with Gasteiger partial charge >= 0.3 is 0 Å². The first-order valence-corrected chi connectivity index (χ1v) is 9.12. The van der Waals surface area contributed by atoms with Crippen LogP contribution in [0, 0.1) is 0 Å². The number of fused-ring (bicyclic) bond motifs is 1. The second-order valence-electron chi connectivity index (χ2n) is 6.40. The highest BCUT2D eigenvalue weighted by Gasteiger charge is 2.18. The van der Waals surface area contributed by atoms with Crippen LogP contribution in [-0.4, -0.2) is 35.8 Å². The van der Waals surface area contributed by atoms with Crippen LogP contribution in [0.15, 0.2) is 16.7 Å². The minimum atomic E-state index is -0.212. The van der Waals surface area contributed by atoms with E-state index >= 15 is 0 Å². The van der Waals surface area contributed by atoms with E-state index in [1.54, 1.807) is 12.1 Å². The lowest BCUT2D eigenvalue weighted by Crippen LogP contribution is -2.24. The Morgan fingerprint density at radius 2 is 2.12 bits per heavy atom. The molecule has 1 aromatic carbocycles. The molecule has 0 aliphatic carbocycles. The Kier molecular flexibility index (Phi) is 5.98. The molecule has 0 radical (unpaired) electrons. The molecular formula is C18H22ClN3O4. The molecule has 1 N–H and O–H groups in total. The molecular weight excluding hydrogens is 358 g/mol. The van der Waals surface area contributed by atoms with E-state index in [4.69, 9.17) is 25.6 Å². The van der Waals surface area contributed by atoms with E-state index in [0.717, 1.165) is 6.42 Å². The first-order valence-electron chi connectivity index (χ1n) is 8.74. The Morgan fingerprint density at radius 1 is 1.31 bits per heavy atom. The largest absolute Gasteiger partial charge is 0.489 e. The van der Waals surface area contributed by atoms with Crippen LogP contribution in [0.4, 0.5) is 0 Å². The molecule has 0 bridgehead atoms. The van der Waals surface area contributed by atoms with Gasteiger partial charge in [0.25, 0.3) is 5.91 Å². The molecule has 0 saturated carbocycles. The van der Waals surface area contributed by atoms with E-state index in [1.165, 1.54) is 0 Å². The Labute approximate surface area is 157 Å². The smallest absolute Gasteiger partial charge is 0.251 e. The number of hydrogen-bond donors (Lipinski definition) is 1. The van der Waals surface area contributed by atoms with Gasteiger partial charge in [0.15, 0.2) is 17.3 Å². The van der Waals surface area contributed by atoms with Crippen molar-refractivity contribution in [2.24, 2.45) is 0 Å². The van der Waals surface area contributed by atoms with E-state index in [1.807, 2.05) is 13.8 Å². The van der Waals surface area contributed by atoms with Crippen molar-refractivity contribution in [2.45, 2.75) is 39.0 Å². The highest BCUT2D eigenvalue weighted by molar-refractivity contribution is 6.32. The number of carbonyl (C=O) groups is 1. The number of nitrogens with zero attached hydrogens (tertiary/aromatic N) is 2. The third-order valence-corrected chi connectivity index (χ3v) is 4.20. The number of hydrogen-bond acceptors (Lipinski definition) is 6. The normalized spacial score (nSPS) is 13.5. The Morgan fingerprint density at radius 3 is 2.88 bits per heavy atom. The van der Waals surface area contributed by atoms with E-state index < -0.39 is 0 Å². The molecule has 1 aliphatic rings. The predicted molar refractivity (Wildman–Crippen MR) is 96.1 cm³/mol. The number of ether oxygens (including phenoxy) is 2.